The number of fused-ring (bicyclic) bond motifs is 1. The van der Waals surface area contributed by atoms with Gasteiger partial charge < -0.3 is 15.0 Å². The molecule has 1 aliphatic heterocycles. The van der Waals surface area contributed by atoms with E-state index in [4.69, 9.17) is 11.6 Å². The average molecular weight is 472 g/mol. The van der Waals surface area contributed by atoms with E-state index in [2.05, 4.69) is 36.8 Å². The zero-order valence-corrected chi connectivity index (χ0v) is 18.4. The van der Waals surface area contributed by atoms with Gasteiger partial charge in [-0.3, -0.25) is 4.79 Å². The van der Waals surface area contributed by atoms with Crippen LogP contribution in [0.3, 0.4) is 0 Å². The van der Waals surface area contributed by atoms with Crippen molar-refractivity contribution in [1.29, 1.82) is 0 Å². The number of nitrogens with zero attached hydrogens (tertiary/aromatic N) is 4. The van der Waals surface area contributed by atoms with Crippen molar-refractivity contribution in [2.24, 2.45) is 11.3 Å². The van der Waals surface area contributed by atoms with Gasteiger partial charge in [0.25, 0.3) is 5.91 Å². The minimum absolute atomic E-state index is 0.122. The van der Waals surface area contributed by atoms with Gasteiger partial charge in [-0.05, 0) is 48.1 Å². The van der Waals surface area contributed by atoms with Crippen molar-refractivity contribution in [3.63, 3.8) is 0 Å². The predicted octanol–water partition coefficient (Wildman–Crippen LogP) is 4.81. The molecule has 2 unspecified atom stereocenters. The van der Waals surface area contributed by atoms with Crippen LogP contribution in [0.2, 0.25) is 0 Å². The minimum Gasteiger partial charge on any atom is -0.420 e. The Balaban J connectivity index is 1.39. The SMILES string of the molecule is CC12CC1CN(c1ncc(C(=O)Nc3ccc(OC(F)(F)Cl)cc3)cc1-c1cncnc1)C2. The number of piperidine rings is 1. The third-order valence-electron chi connectivity index (χ3n) is 6.18. The molecule has 1 saturated carbocycles. The molecule has 170 valence electrons. The summed E-state index contributed by atoms with van der Waals surface area (Å²) in [6.45, 7) is 4.15. The maximum absolute atomic E-state index is 12.9. The number of hydrogen-bond acceptors (Lipinski definition) is 6. The fourth-order valence-electron chi connectivity index (χ4n) is 4.34. The van der Waals surface area contributed by atoms with E-state index in [1.54, 1.807) is 18.5 Å². The number of ether oxygens (including phenoxy) is 1. The maximum Gasteiger partial charge on any atom is 0.487 e. The van der Waals surface area contributed by atoms with Crippen molar-refractivity contribution < 1.29 is 18.3 Å². The highest BCUT2D eigenvalue weighted by atomic mass is 35.5. The molecule has 3 heterocycles. The lowest BCUT2D eigenvalue weighted by atomic mass is 10.1. The van der Waals surface area contributed by atoms with Gasteiger partial charge in [0.1, 0.15) is 17.9 Å². The Hall–Kier alpha value is -3.33. The predicted molar refractivity (Wildman–Crippen MR) is 120 cm³/mol. The molecule has 2 atom stereocenters. The summed E-state index contributed by atoms with van der Waals surface area (Å²) in [5, 5.41) is 2.74. The molecule has 1 aliphatic carbocycles. The Morgan fingerprint density at radius 1 is 1.24 bits per heavy atom. The number of benzene rings is 1. The van der Waals surface area contributed by atoms with Gasteiger partial charge in [-0.1, -0.05) is 6.92 Å². The number of carbonyl (C=O) groups excluding carboxylic acids is 1. The molecule has 10 heteroatoms. The molecule has 33 heavy (non-hydrogen) atoms. The van der Waals surface area contributed by atoms with E-state index in [9.17, 15) is 13.6 Å². The van der Waals surface area contributed by atoms with Gasteiger partial charge in [0.15, 0.2) is 0 Å². The van der Waals surface area contributed by atoms with Crippen LogP contribution in [-0.2, 0) is 0 Å². The molecule has 0 radical (unpaired) electrons. The van der Waals surface area contributed by atoms with E-state index in [-0.39, 0.29) is 11.7 Å². The monoisotopic (exact) mass is 471 g/mol. The molecule has 5 rings (SSSR count). The molecule has 1 saturated heterocycles. The van der Waals surface area contributed by atoms with Gasteiger partial charge in [-0.2, -0.15) is 0 Å². The number of pyridine rings is 1. The van der Waals surface area contributed by atoms with Crippen molar-refractivity contribution in [3.05, 3.63) is 60.8 Å². The van der Waals surface area contributed by atoms with Gasteiger partial charge in [0.05, 0.1) is 5.56 Å². The molecule has 1 N–H and O–H groups in total. The van der Waals surface area contributed by atoms with Crippen molar-refractivity contribution in [1.82, 2.24) is 15.0 Å². The van der Waals surface area contributed by atoms with Crippen molar-refractivity contribution in [3.8, 4) is 16.9 Å². The molecular formula is C23H20ClF2N5O2. The summed E-state index contributed by atoms with van der Waals surface area (Å²) in [6, 6.07) is 7.24. The molecule has 0 spiro atoms. The molecule has 2 aromatic heterocycles. The van der Waals surface area contributed by atoms with Crippen LogP contribution < -0.4 is 15.0 Å². The summed E-state index contributed by atoms with van der Waals surface area (Å²) >= 11 is 4.77. The van der Waals surface area contributed by atoms with Crippen LogP contribution in [0.4, 0.5) is 20.3 Å². The number of halogens is 3. The lowest BCUT2D eigenvalue weighted by Crippen LogP contribution is -2.25. The van der Waals surface area contributed by atoms with Crippen LogP contribution in [0.1, 0.15) is 23.7 Å². The van der Waals surface area contributed by atoms with Crippen molar-refractivity contribution in [2.75, 3.05) is 23.3 Å². The Labute approximate surface area is 193 Å². The first-order valence-electron chi connectivity index (χ1n) is 10.4. The lowest BCUT2D eigenvalue weighted by molar-refractivity contribution is -0.0964. The third kappa shape index (κ3) is 4.59. The molecule has 1 aromatic carbocycles. The summed E-state index contributed by atoms with van der Waals surface area (Å²) in [7, 11) is 0. The fraction of sp³-hybridized carbons (Fsp3) is 0.304. The Morgan fingerprint density at radius 2 is 1.97 bits per heavy atom. The number of rotatable bonds is 6. The zero-order valence-electron chi connectivity index (χ0n) is 17.6. The highest BCUT2D eigenvalue weighted by Crippen LogP contribution is 2.58. The van der Waals surface area contributed by atoms with Crippen LogP contribution in [0, 0.1) is 11.3 Å². The quantitative estimate of drug-likeness (QED) is 0.520. The first kappa shape index (κ1) is 21.5. The second-order valence-electron chi connectivity index (χ2n) is 8.68. The van der Waals surface area contributed by atoms with Crippen molar-refractivity contribution in [2.45, 2.75) is 18.9 Å². The van der Waals surface area contributed by atoms with Crippen LogP contribution in [0.5, 0.6) is 5.75 Å². The van der Waals surface area contributed by atoms with Crippen LogP contribution >= 0.6 is 11.6 Å². The highest BCUT2D eigenvalue weighted by Gasteiger charge is 2.56. The van der Waals surface area contributed by atoms with E-state index in [0.29, 0.717) is 22.6 Å². The van der Waals surface area contributed by atoms with E-state index >= 15 is 0 Å². The first-order chi connectivity index (χ1) is 15.7. The molecule has 2 aliphatic rings. The minimum atomic E-state index is -3.80. The summed E-state index contributed by atoms with van der Waals surface area (Å²) in [4.78, 5) is 28.0. The Bertz CT molecular complexity index is 1190. The maximum atomic E-state index is 12.9. The third-order valence-corrected chi connectivity index (χ3v) is 6.25. The zero-order chi connectivity index (χ0) is 23.2. The van der Waals surface area contributed by atoms with E-state index in [1.807, 2.05) is 0 Å². The number of aromatic nitrogens is 3. The molecule has 0 bridgehead atoms. The van der Waals surface area contributed by atoms with Gasteiger partial charge >= 0.3 is 5.57 Å². The molecule has 3 aromatic rings. The number of alkyl halides is 3. The number of anilines is 2. The molecule has 7 nitrogen and oxygen atoms in total. The smallest absolute Gasteiger partial charge is 0.420 e. The first-order valence-corrected chi connectivity index (χ1v) is 10.8. The average Bonchev–Trinajstić information content (AvgIpc) is 3.30. The second-order valence-corrected chi connectivity index (χ2v) is 9.12. The second kappa shape index (κ2) is 7.91. The Morgan fingerprint density at radius 3 is 2.61 bits per heavy atom. The fourth-order valence-corrected chi connectivity index (χ4v) is 4.43. The van der Waals surface area contributed by atoms with Gasteiger partial charge in [-0.25, -0.2) is 15.0 Å². The largest absolute Gasteiger partial charge is 0.487 e. The van der Waals surface area contributed by atoms with Gasteiger partial charge in [-0.15, -0.1) is 8.78 Å². The Kier molecular flexibility index (Phi) is 5.16. The molecule has 2 fully saturated rings. The van der Waals surface area contributed by atoms with Gasteiger partial charge in [0, 0.05) is 60.1 Å². The van der Waals surface area contributed by atoms with Crippen LogP contribution in [0.15, 0.2) is 55.2 Å². The number of nitrogens with one attached hydrogen (secondary N) is 1. The number of amides is 1. The summed E-state index contributed by atoms with van der Waals surface area (Å²) in [5.74, 6) is 0.966. The summed E-state index contributed by atoms with van der Waals surface area (Å²) < 4.78 is 29.8. The topological polar surface area (TPSA) is 80.2 Å². The van der Waals surface area contributed by atoms with E-state index < -0.39 is 5.57 Å². The lowest BCUT2D eigenvalue weighted by Gasteiger charge is -2.23. The molecule has 1 amide bonds. The normalized spacial score (nSPS) is 21.5. The van der Waals surface area contributed by atoms with Crippen LogP contribution in [-0.4, -0.2) is 39.5 Å². The summed E-state index contributed by atoms with van der Waals surface area (Å²) in [6.07, 6.45) is 7.61. The van der Waals surface area contributed by atoms with E-state index in [0.717, 1.165) is 30.0 Å². The summed E-state index contributed by atoms with van der Waals surface area (Å²) in [5.41, 5.74) is -1.16. The molecular weight excluding hydrogens is 452 g/mol. The van der Waals surface area contributed by atoms with E-state index in [1.165, 1.54) is 43.2 Å². The standard InChI is InChI=1S/C23H20ClF2N5O2/c1-22-7-16(22)11-31(12-22)20-19(15-8-27-13-28-9-15)6-14(10-29-20)21(32)30-17-2-4-18(5-3-17)33-23(24,25)26/h2-6,8-10,13,16H,7,11-12H2,1H3,(H,30,32). The number of carbonyl (C=O) groups is 1. The number of hydrogen-bond donors (Lipinski definition) is 1. The van der Waals surface area contributed by atoms with Gasteiger partial charge in [0.2, 0.25) is 0 Å². The van der Waals surface area contributed by atoms with Crippen LogP contribution in [0.25, 0.3) is 11.1 Å². The highest BCUT2D eigenvalue weighted by molar-refractivity contribution is 6.20. The van der Waals surface area contributed by atoms with Crippen molar-refractivity contribution >= 4 is 29.0 Å².